The summed E-state index contributed by atoms with van der Waals surface area (Å²) in [4.78, 5) is 2.41. The molecule has 1 fully saturated rings. The van der Waals surface area contributed by atoms with E-state index < -0.39 is 0 Å². The van der Waals surface area contributed by atoms with Crippen LogP contribution < -0.4 is 5.32 Å². The third kappa shape index (κ3) is 4.70. The highest BCUT2D eigenvalue weighted by molar-refractivity contribution is 6.30. The molecule has 1 saturated heterocycles. The molecule has 0 aliphatic carbocycles. The number of halogens is 2. The van der Waals surface area contributed by atoms with Gasteiger partial charge >= 0.3 is 0 Å². The van der Waals surface area contributed by atoms with Crippen LogP contribution in [-0.2, 0) is 4.74 Å². The van der Waals surface area contributed by atoms with Gasteiger partial charge in [-0.05, 0) is 44.1 Å². The molecular formula is C15H22ClFN2O. The molecule has 1 heterocycles. The number of ether oxygens (including phenoxy) is 1. The zero-order valence-electron chi connectivity index (χ0n) is 11.9. The number of nitrogens with one attached hydrogen (secondary N) is 1. The quantitative estimate of drug-likeness (QED) is 0.818. The van der Waals surface area contributed by atoms with Gasteiger partial charge in [0.1, 0.15) is 5.82 Å². The maximum Gasteiger partial charge on any atom is 0.142 e. The number of morpholine rings is 1. The molecule has 5 heteroatoms. The Morgan fingerprint density at radius 2 is 2.15 bits per heavy atom. The van der Waals surface area contributed by atoms with Gasteiger partial charge in [-0.2, -0.15) is 0 Å². The second-order valence-electron chi connectivity index (χ2n) is 5.16. The maximum absolute atomic E-state index is 13.4. The maximum atomic E-state index is 13.4. The van der Waals surface area contributed by atoms with E-state index in [0.29, 0.717) is 0 Å². The van der Waals surface area contributed by atoms with Crippen LogP contribution in [0.1, 0.15) is 24.9 Å². The summed E-state index contributed by atoms with van der Waals surface area (Å²) in [6, 6.07) is 5.11. The molecule has 0 aromatic heterocycles. The van der Waals surface area contributed by atoms with Crippen molar-refractivity contribution in [2.75, 3.05) is 39.4 Å². The number of rotatable bonds is 6. The average Bonchev–Trinajstić information content (AvgIpc) is 2.47. The Morgan fingerprint density at radius 1 is 1.40 bits per heavy atom. The first-order valence-electron chi connectivity index (χ1n) is 7.15. The molecule has 3 nitrogen and oxygen atoms in total. The summed E-state index contributed by atoms with van der Waals surface area (Å²) >= 11 is 5.69. The summed E-state index contributed by atoms with van der Waals surface area (Å²) in [5, 5.41) is 3.59. The summed E-state index contributed by atoms with van der Waals surface area (Å²) < 4.78 is 18.7. The molecule has 1 aliphatic rings. The Labute approximate surface area is 125 Å². The first kappa shape index (κ1) is 15.7. The highest BCUT2D eigenvalue weighted by Gasteiger charge is 2.10. The molecule has 1 aliphatic heterocycles. The van der Waals surface area contributed by atoms with Crippen LogP contribution in [0.15, 0.2) is 18.2 Å². The smallest absolute Gasteiger partial charge is 0.142 e. The number of hydrogen-bond donors (Lipinski definition) is 1. The van der Waals surface area contributed by atoms with Crippen molar-refractivity contribution in [3.8, 4) is 0 Å². The summed E-state index contributed by atoms with van der Waals surface area (Å²) in [5.41, 5.74) is 0.929. The van der Waals surface area contributed by atoms with E-state index >= 15 is 0 Å². The Kier molecular flexibility index (Phi) is 6.23. The van der Waals surface area contributed by atoms with Gasteiger partial charge in [0.05, 0.1) is 18.2 Å². The molecule has 112 valence electrons. The summed E-state index contributed by atoms with van der Waals surface area (Å²) in [6.07, 6.45) is 1.08. The normalized spacial score (nSPS) is 18.1. The van der Waals surface area contributed by atoms with Crippen molar-refractivity contribution in [2.45, 2.75) is 19.4 Å². The molecule has 0 bridgehead atoms. The average molecular weight is 301 g/mol. The van der Waals surface area contributed by atoms with E-state index in [4.69, 9.17) is 16.3 Å². The van der Waals surface area contributed by atoms with E-state index in [-0.39, 0.29) is 16.9 Å². The molecule has 1 aromatic rings. The van der Waals surface area contributed by atoms with Crippen LogP contribution in [0.2, 0.25) is 5.02 Å². The fraction of sp³-hybridized carbons (Fsp3) is 0.600. The largest absolute Gasteiger partial charge is 0.379 e. The van der Waals surface area contributed by atoms with Gasteiger partial charge in [0, 0.05) is 19.1 Å². The van der Waals surface area contributed by atoms with Gasteiger partial charge in [-0.1, -0.05) is 17.7 Å². The SMILES string of the molecule is CC(NCCCN1CCOCC1)c1ccc(Cl)c(F)c1. The minimum absolute atomic E-state index is 0.131. The van der Waals surface area contributed by atoms with Crippen LogP contribution >= 0.6 is 11.6 Å². The fourth-order valence-corrected chi connectivity index (χ4v) is 2.46. The lowest BCUT2D eigenvalue weighted by molar-refractivity contribution is 0.0374. The molecule has 20 heavy (non-hydrogen) atoms. The van der Waals surface area contributed by atoms with E-state index in [9.17, 15) is 4.39 Å². The van der Waals surface area contributed by atoms with Gasteiger partial charge in [-0.25, -0.2) is 4.39 Å². The number of hydrogen-bond acceptors (Lipinski definition) is 3. The van der Waals surface area contributed by atoms with Crippen LogP contribution in [0.5, 0.6) is 0 Å². The zero-order chi connectivity index (χ0) is 14.4. The van der Waals surface area contributed by atoms with Crippen LogP contribution in [-0.4, -0.2) is 44.3 Å². The molecule has 0 spiro atoms. The van der Waals surface area contributed by atoms with Gasteiger partial charge in [0.15, 0.2) is 0 Å². The van der Waals surface area contributed by atoms with Crippen LogP contribution in [0.4, 0.5) is 4.39 Å². The molecule has 0 amide bonds. The Hall–Kier alpha value is -0.680. The monoisotopic (exact) mass is 300 g/mol. The lowest BCUT2D eigenvalue weighted by Crippen LogP contribution is -2.37. The third-order valence-corrected chi connectivity index (χ3v) is 3.96. The molecule has 2 rings (SSSR count). The van der Waals surface area contributed by atoms with Gasteiger partial charge < -0.3 is 10.1 Å². The van der Waals surface area contributed by atoms with Crippen molar-refractivity contribution >= 4 is 11.6 Å². The number of nitrogens with zero attached hydrogens (tertiary/aromatic N) is 1. The summed E-state index contributed by atoms with van der Waals surface area (Å²) in [6.45, 7) is 7.77. The molecule has 1 N–H and O–H groups in total. The lowest BCUT2D eigenvalue weighted by atomic mass is 10.1. The first-order valence-corrected chi connectivity index (χ1v) is 7.53. The molecule has 1 atom stereocenters. The second kappa shape index (κ2) is 7.93. The van der Waals surface area contributed by atoms with Crippen molar-refractivity contribution < 1.29 is 9.13 Å². The standard InChI is InChI=1S/C15H22ClFN2O/c1-12(13-3-4-14(16)15(17)11-13)18-5-2-6-19-7-9-20-10-8-19/h3-4,11-12,18H,2,5-10H2,1H3. The first-order chi connectivity index (χ1) is 9.66. The van der Waals surface area contributed by atoms with Gasteiger partial charge in [0.25, 0.3) is 0 Å². The van der Waals surface area contributed by atoms with E-state index in [1.165, 1.54) is 6.07 Å². The van der Waals surface area contributed by atoms with Crippen LogP contribution in [0.25, 0.3) is 0 Å². The van der Waals surface area contributed by atoms with E-state index in [1.807, 2.05) is 13.0 Å². The highest BCUT2D eigenvalue weighted by Crippen LogP contribution is 2.19. The topological polar surface area (TPSA) is 24.5 Å². The Morgan fingerprint density at radius 3 is 2.85 bits per heavy atom. The second-order valence-corrected chi connectivity index (χ2v) is 5.56. The Bertz CT molecular complexity index is 424. The van der Waals surface area contributed by atoms with Crippen LogP contribution in [0.3, 0.4) is 0 Å². The van der Waals surface area contributed by atoms with Crippen molar-refractivity contribution in [1.29, 1.82) is 0 Å². The molecular weight excluding hydrogens is 279 g/mol. The summed E-state index contributed by atoms with van der Waals surface area (Å²) in [5.74, 6) is -0.355. The Balaban J connectivity index is 1.69. The number of benzene rings is 1. The molecule has 1 aromatic carbocycles. The van der Waals surface area contributed by atoms with E-state index in [0.717, 1.165) is 51.4 Å². The van der Waals surface area contributed by atoms with Gasteiger partial charge in [-0.15, -0.1) is 0 Å². The predicted octanol–water partition coefficient (Wildman–Crippen LogP) is 2.85. The van der Waals surface area contributed by atoms with Crippen LogP contribution in [0, 0.1) is 5.82 Å². The van der Waals surface area contributed by atoms with Crippen molar-refractivity contribution in [3.05, 3.63) is 34.6 Å². The minimum atomic E-state index is -0.355. The molecule has 0 saturated carbocycles. The fourth-order valence-electron chi connectivity index (χ4n) is 2.35. The van der Waals surface area contributed by atoms with E-state index in [1.54, 1.807) is 6.07 Å². The van der Waals surface area contributed by atoms with E-state index in [2.05, 4.69) is 10.2 Å². The van der Waals surface area contributed by atoms with Gasteiger partial charge in [-0.3, -0.25) is 4.90 Å². The van der Waals surface area contributed by atoms with Crippen molar-refractivity contribution in [2.24, 2.45) is 0 Å². The highest BCUT2D eigenvalue weighted by atomic mass is 35.5. The molecule has 0 radical (unpaired) electrons. The minimum Gasteiger partial charge on any atom is -0.379 e. The third-order valence-electron chi connectivity index (χ3n) is 3.65. The van der Waals surface area contributed by atoms with Crippen molar-refractivity contribution in [3.63, 3.8) is 0 Å². The zero-order valence-corrected chi connectivity index (χ0v) is 12.6. The molecule has 1 unspecified atom stereocenters. The van der Waals surface area contributed by atoms with Gasteiger partial charge in [0.2, 0.25) is 0 Å². The predicted molar refractivity (Wildman–Crippen MR) is 79.7 cm³/mol. The van der Waals surface area contributed by atoms with Crippen molar-refractivity contribution in [1.82, 2.24) is 10.2 Å². The lowest BCUT2D eigenvalue weighted by Gasteiger charge is -2.26. The summed E-state index contributed by atoms with van der Waals surface area (Å²) in [7, 11) is 0.